The summed E-state index contributed by atoms with van der Waals surface area (Å²) in [4.78, 5) is 0.186. The molecule has 0 fully saturated rings. The van der Waals surface area contributed by atoms with Crippen molar-refractivity contribution >= 4 is 10.0 Å². The molecule has 0 aliphatic rings. The molecule has 0 saturated carbocycles. The zero-order chi connectivity index (χ0) is 14.6. The first kappa shape index (κ1) is 14.7. The van der Waals surface area contributed by atoms with Crippen LogP contribution < -0.4 is 4.72 Å². The van der Waals surface area contributed by atoms with E-state index in [1.165, 1.54) is 12.3 Å². The SMILES string of the molecule is CCc1ccc(CO)cc1S(=O)(=O)NCc1ccno1. The van der Waals surface area contributed by atoms with Gasteiger partial charge < -0.3 is 9.63 Å². The topological polar surface area (TPSA) is 92.4 Å². The summed E-state index contributed by atoms with van der Waals surface area (Å²) < 4.78 is 32.0. The van der Waals surface area contributed by atoms with Crippen LogP contribution in [0.2, 0.25) is 0 Å². The maximum atomic E-state index is 12.3. The van der Waals surface area contributed by atoms with Gasteiger partial charge in [0.05, 0.1) is 24.2 Å². The Morgan fingerprint density at radius 2 is 2.15 bits per heavy atom. The van der Waals surface area contributed by atoms with Gasteiger partial charge in [-0.25, -0.2) is 13.1 Å². The van der Waals surface area contributed by atoms with Crippen LogP contribution in [0.5, 0.6) is 0 Å². The third kappa shape index (κ3) is 3.24. The van der Waals surface area contributed by atoms with E-state index in [2.05, 4.69) is 9.88 Å². The van der Waals surface area contributed by atoms with Crippen molar-refractivity contribution in [3.05, 3.63) is 47.3 Å². The Bertz CT molecular complexity index is 666. The maximum absolute atomic E-state index is 12.3. The monoisotopic (exact) mass is 296 g/mol. The van der Waals surface area contributed by atoms with Crippen LogP contribution in [0.1, 0.15) is 23.8 Å². The van der Waals surface area contributed by atoms with Crippen LogP contribution in [0.3, 0.4) is 0 Å². The van der Waals surface area contributed by atoms with Gasteiger partial charge in [-0.1, -0.05) is 24.2 Å². The Hall–Kier alpha value is -1.70. The molecule has 0 unspecified atom stereocenters. The average Bonchev–Trinajstić information content (AvgIpc) is 2.98. The molecule has 108 valence electrons. The third-order valence-electron chi connectivity index (χ3n) is 2.91. The first-order valence-electron chi connectivity index (χ1n) is 6.18. The van der Waals surface area contributed by atoms with Gasteiger partial charge >= 0.3 is 0 Å². The van der Waals surface area contributed by atoms with E-state index in [-0.39, 0.29) is 18.0 Å². The molecule has 1 aromatic carbocycles. The molecular formula is C13H16N2O4S. The molecule has 0 aliphatic heterocycles. The van der Waals surface area contributed by atoms with Gasteiger partial charge in [-0.3, -0.25) is 0 Å². The second kappa shape index (κ2) is 6.17. The Morgan fingerprint density at radius 3 is 2.75 bits per heavy atom. The minimum Gasteiger partial charge on any atom is -0.392 e. The number of aliphatic hydroxyl groups excluding tert-OH is 1. The van der Waals surface area contributed by atoms with Gasteiger partial charge in [-0.05, 0) is 23.6 Å². The lowest BCUT2D eigenvalue weighted by molar-refractivity contribution is 0.281. The predicted molar refractivity (Wildman–Crippen MR) is 72.3 cm³/mol. The summed E-state index contributed by atoms with van der Waals surface area (Å²) in [5, 5.41) is 12.6. The van der Waals surface area contributed by atoms with Crippen molar-refractivity contribution in [2.24, 2.45) is 0 Å². The molecule has 2 aromatic rings. The minimum atomic E-state index is -3.66. The molecule has 0 atom stereocenters. The number of aromatic nitrogens is 1. The van der Waals surface area contributed by atoms with Gasteiger partial charge in [0, 0.05) is 6.07 Å². The Balaban J connectivity index is 2.28. The van der Waals surface area contributed by atoms with E-state index in [9.17, 15) is 8.42 Å². The lowest BCUT2D eigenvalue weighted by atomic mass is 10.1. The number of hydrogen-bond acceptors (Lipinski definition) is 5. The predicted octanol–water partition coefficient (Wildman–Crippen LogP) is 1.21. The fourth-order valence-corrected chi connectivity index (χ4v) is 3.17. The largest absolute Gasteiger partial charge is 0.392 e. The fraction of sp³-hybridized carbons (Fsp3) is 0.308. The van der Waals surface area contributed by atoms with E-state index >= 15 is 0 Å². The highest BCUT2D eigenvalue weighted by Gasteiger charge is 2.18. The van der Waals surface area contributed by atoms with E-state index in [1.54, 1.807) is 18.2 Å². The summed E-state index contributed by atoms with van der Waals surface area (Å²) in [5.41, 5.74) is 1.26. The number of nitrogens with one attached hydrogen (secondary N) is 1. The number of hydrogen-bond donors (Lipinski definition) is 2. The van der Waals surface area contributed by atoms with E-state index in [1.807, 2.05) is 6.92 Å². The maximum Gasteiger partial charge on any atom is 0.241 e. The van der Waals surface area contributed by atoms with Gasteiger partial charge in [0.1, 0.15) is 0 Å². The second-order valence-corrected chi connectivity index (χ2v) is 5.99. The standard InChI is InChI=1S/C13H16N2O4S/c1-2-11-4-3-10(9-16)7-13(11)20(17,18)15-8-12-5-6-14-19-12/h3-7,15-16H,2,8-9H2,1H3. The molecule has 20 heavy (non-hydrogen) atoms. The van der Waals surface area contributed by atoms with Crippen LogP contribution in [0, 0.1) is 0 Å². The van der Waals surface area contributed by atoms with E-state index in [0.717, 1.165) is 0 Å². The number of sulfonamides is 1. The Labute approximate surface area is 117 Å². The lowest BCUT2D eigenvalue weighted by Crippen LogP contribution is -2.24. The number of benzene rings is 1. The smallest absolute Gasteiger partial charge is 0.241 e. The molecule has 0 amide bonds. The normalized spacial score (nSPS) is 11.7. The highest BCUT2D eigenvalue weighted by atomic mass is 32.2. The number of nitrogens with zero attached hydrogens (tertiary/aromatic N) is 1. The molecule has 0 radical (unpaired) electrons. The minimum absolute atomic E-state index is 0.0365. The van der Waals surface area contributed by atoms with E-state index in [4.69, 9.17) is 9.63 Å². The highest BCUT2D eigenvalue weighted by molar-refractivity contribution is 7.89. The molecule has 2 N–H and O–H groups in total. The quantitative estimate of drug-likeness (QED) is 0.836. The van der Waals surface area contributed by atoms with Crippen molar-refractivity contribution in [2.75, 3.05) is 0 Å². The van der Waals surface area contributed by atoms with Crippen LogP contribution in [0.4, 0.5) is 0 Å². The van der Waals surface area contributed by atoms with Crippen molar-refractivity contribution in [3.63, 3.8) is 0 Å². The molecule has 7 heteroatoms. The molecule has 1 aromatic heterocycles. The Kier molecular flexibility index (Phi) is 4.53. The van der Waals surface area contributed by atoms with Crippen LogP contribution >= 0.6 is 0 Å². The van der Waals surface area contributed by atoms with Gasteiger partial charge in [-0.2, -0.15) is 0 Å². The molecule has 2 rings (SSSR count). The van der Waals surface area contributed by atoms with E-state index in [0.29, 0.717) is 23.3 Å². The van der Waals surface area contributed by atoms with Crippen molar-refractivity contribution in [3.8, 4) is 0 Å². The first-order chi connectivity index (χ1) is 9.56. The fourth-order valence-electron chi connectivity index (χ4n) is 1.82. The number of aliphatic hydroxyl groups is 1. The third-order valence-corrected chi connectivity index (χ3v) is 4.40. The van der Waals surface area contributed by atoms with Gasteiger partial charge in [0.25, 0.3) is 0 Å². The van der Waals surface area contributed by atoms with Crippen LogP contribution in [-0.2, 0) is 29.6 Å². The summed E-state index contributed by atoms with van der Waals surface area (Å²) in [6.07, 6.45) is 2.04. The summed E-state index contributed by atoms with van der Waals surface area (Å²) >= 11 is 0. The number of rotatable bonds is 6. The van der Waals surface area contributed by atoms with Gasteiger partial charge in [0.2, 0.25) is 10.0 Å². The zero-order valence-electron chi connectivity index (χ0n) is 11.0. The molecule has 0 bridgehead atoms. The van der Waals surface area contributed by atoms with Gasteiger partial charge in [-0.15, -0.1) is 0 Å². The molecular weight excluding hydrogens is 280 g/mol. The van der Waals surface area contributed by atoms with Crippen LogP contribution in [-0.4, -0.2) is 18.7 Å². The second-order valence-electron chi connectivity index (χ2n) is 4.26. The molecule has 0 saturated heterocycles. The van der Waals surface area contributed by atoms with E-state index < -0.39 is 10.0 Å². The Morgan fingerprint density at radius 1 is 1.35 bits per heavy atom. The lowest BCUT2D eigenvalue weighted by Gasteiger charge is -2.11. The summed E-state index contributed by atoms with van der Waals surface area (Å²) in [6, 6.07) is 6.51. The van der Waals surface area contributed by atoms with Crippen molar-refractivity contribution in [1.29, 1.82) is 0 Å². The van der Waals surface area contributed by atoms with Crippen LogP contribution in [0.15, 0.2) is 39.9 Å². The van der Waals surface area contributed by atoms with Crippen LogP contribution in [0.25, 0.3) is 0 Å². The molecule has 6 nitrogen and oxygen atoms in total. The summed E-state index contributed by atoms with van der Waals surface area (Å²) in [5.74, 6) is 0.435. The highest BCUT2D eigenvalue weighted by Crippen LogP contribution is 2.19. The molecule has 0 spiro atoms. The molecule has 1 heterocycles. The van der Waals surface area contributed by atoms with Gasteiger partial charge in [0.15, 0.2) is 5.76 Å². The zero-order valence-corrected chi connectivity index (χ0v) is 11.9. The summed E-state index contributed by atoms with van der Waals surface area (Å²) in [7, 11) is -3.66. The molecule has 0 aliphatic carbocycles. The first-order valence-corrected chi connectivity index (χ1v) is 7.67. The number of aryl methyl sites for hydroxylation is 1. The van der Waals surface area contributed by atoms with Crippen molar-refractivity contribution < 1.29 is 18.0 Å². The summed E-state index contributed by atoms with van der Waals surface area (Å²) in [6.45, 7) is 1.72. The average molecular weight is 296 g/mol. The van der Waals surface area contributed by atoms with Crippen molar-refractivity contribution in [2.45, 2.75) is 31.4 Å². The van der Waals surface area contributed by atoms with Crippen molar-refractivity contribution in [1.82, 2.24) is 9.88 Å².